The lowest BCUT2D eigenvalue weighted by Crippen LogP contribution is -2.26. The van der Waals surface area contributed by atoms with E-state index in [2.05, 4.69) is 15.2 Å². The van der Waals surface area contributed by atoms with Crippen molar-refractivity contribution >= 4 is 11.6 Å². The zero-order chi connectivity index (χ0) is 15.7. The maximum Gasteiger partial charge on any atom is 0.274 e. The number of aromatic nitrogens is 5. The molecule has 0 N–H and O–H groups in total. The van der Waals surface area contributed by atoms with E-state index in [1.807, 2.05) is 24.7 Å². The molecule has 0 aliphatic rings. The molecule has 114 valence electrons. The van der Waals surface area contributed by atoms with E-state index in [9.17, 15) is 4.79 Å². The minimum Gasteiger partial charge on any atom is -0.336 e. The molecule has 0 bridgehead atoms. The highest BCUT2D eigenvalue weighted by atomic mass is 16.2. The van der Waals surface area contributed by atoms with Gasteiger partial charge in [0.2, 0.25) is 0 Å². The summed E-state index contributed by atoms with van der Waals surface area (Å²) in [6, 6.07) is 3.47. The summed E-state index contributed by atoms with van der Waals surface area (Å²) >= 11 is 0. The molecule has 7 heteroatoms. The van der Waals surface area contributed by atoms with Crippen molar-refractivity contribution in [3.63, 3.8) is 0 Å². The van der Waals surface area contributed by atoms with Gasteiger partial charge in [0.05, 0.1) is 5.69 Å². The quantitative estimate of drug-likeness (QED) is 0.732. The van der Waals surface area contributed by atoms with Crippen molar-refractivity contribution in [2.24, 2.45) is 0 Å². The fourth-order valence-electron chi connectivity index (χ4n) is 2.33. The van der Waals surface area contributed by atoms with Crippen molar-refractivity contribution in [3.05, 3.63) is 47.7 Å². The topological polar surface area (TPSA) is 68.3 Å². The Morgan fingerprint density at radius 3 is 2.86 bits per heavy atom. The second-order valence-corrected chi connectivity index (χ2v) is 5.21. The molecule has 0 saturated heterocycles. The first kappa shape index (κ1) is 14.2. The summed E-state index contributed by atoms with van der Waals surface area (Å²) in [6.45, 7) is 5.31. The Kier molecular flexibility index (Phi) is 3.62. The first-order chi connectivity index (χ1) is 10.6. The smallest absolute Gasteiger partial charge is 0.274 e. The lowest BCUT2D eigenvalue weighted by atomic mass is 10.2. The van der Waals surface area contributed by atoms with E-state index in [0.717, 1.165) is 17.8 Å². The summed E-state index contributed by atoms with van der Waals surface area (Å²) < 4.78 is 3.47. The number of nitrogens with zero attached hydrogens (tertiary/aromatic N) is 6. The fourth-order valence-corrected chi connectivity index (χ4v) is 2.33. The number of hydrogen-bond donors (Lipinski definition) is 0. The summed E-state index contributed by atoms with van der Waals surface area (Å²) in [6.07, 6.45) is 5.43. The second-order valence-electron chi connectivity index (χ2n) is 5.21. The van der Waals surface area contributed by atoms with Crippen LogP contribution in [0.1, 0.15) is 28.7 Å². The third-order valence-corrected chi connectivity index (χ3v) is 3.58. The predicted molar refractivity (Wildman–Crippen MR) is 81.4 cm³/mol. The van der Waals surface area contributed by atoms with E-state index >= 15 is 0 Å². The van der Waals surface area contributed by atoms with Gasteiger partial charge < -0.3 is 4.90 Å². The van der Waals surface area contributed by atoms with Crippen molar-refractivity contribution in [3.8, 4) is 0 Å². The van der Waals surface area contributed by atoms with Crippen LogP contribution < -0.4 is 0 Å². The average molecular weight is 298 g/mol. The second kappa shape index (κ2) is 5.59. The largest absolute Gasteiger partial charge is 0.336 e. The lowest BCUT2D eigenvalue weighted by Gasteiger charge is -2.15. The minimum atomic E-state index is -0.130. The monoisotopic (exact) mass is 298 g/mol. The molecule has 0 radical (unpaired) electrons. The van der Waals surface area contributed by atoms with Crippen LogP contribution >= 0.6 is 0 Å². The predicted octanol–water partition coefficient (Wildman–Crippen LogP) is 1.53. The van der Waals surface area contributed by atoms with Gasteiger partial charge in [0.15, 0.2) is 11.3 Å². The Morgan fingerprint density at radius 1 is 1.36 bits per heavy atom. The van der Waals surface area contributed by atoms with Crippen molar-refractivity contribution < 1.29 is 4.79 Å². The Hall–Kier alpha value is -2.70. The van der Waals surface area contributed by atoms with Gasteiger partial charge in [-0.3, -0.25) is 9.48 Å². The molecular formula is C15H18N6O. The molecule has 0 atom stereocenters. The van der Waals surface area contributed by atoms with E-state index in [0.29, 0.717) is 17.9 Å². The zero-order valence-corrected chi connectivity index (χ0v) is 12.9. The normalized spacial score (nSPS) is 11.0. The van der Waals surface area contributed by atoms with Gasteiger partial charge in [0.25, 0.3) is 5.91 Å². The van der Waals surface area contributed by atoms with Crippen LogP contribution in [0.3, 0.4) is 0 Å². The van der Waals surface area contributed by atoms with Crippen LogP contribution in [0.5, 0.6) is 0 Å². The van der Waals surface area contributed by atoms with Gasteiger partial charge in [0, 0.05) is 50.4 Å². The molecule has 3 heterocycles. The summed E-state index contributed by atoms with van der Waals surface area (Å²) in [5, 5.41) is 8.66. The molecule has 0 aliphatic carbocycles. The van der Waals surface area contributed by atoms with Crippen LogP contribution in [-0.4, -0.2) is 42.2 Å². The maximum absolute atomic E-state index is 12.5. The van der Waals surface area contributed by atoms with Gasteiger partial charge in [-0.05, 0) is 19.9 Å². The fraction of sp³-hybridized carbons (Fsp3) is 0.333. The number of rotatable bonds is 4. The molecule has 3 rings (SSSR count). The zero-order valence-electron chi connectivity index (χ0n) is 12.9. The van der Waals surface area contributed by atoms with Crippen LogP contribution in [0, 0.1) is 6.92 Å². The van der Waals surface area contributed by atoms with E-state index in [-0.39, 0.29) is 5.91 Å². The molecule has 0 fully saturated rings. The molecule has 3 aromatic heterocycles. The average Bonchev–Trinajstić information content (AvgIpc) is 3.10. The third kappa shape index (κ3) is 2.57. The van der Waals surface area contributed by atoms with E-state index in [1.54, 1.807) is 41.0 Å². The minimum absolute atomic E-state index is 0.130. The maximum atomic E-state index is 12.5. The van der Waals surface area contributed by atoms with Crippen LogP contribution in [0.4, 0.5) is 0 Å². The molecule has 22 heavy (non-hydrogen) atoms. The van der Waals surface area contributed by atoms with Crippen LogP contribution in [0.15, 0.2) is 30.7 Å². The van der Waals surface area contributed by atoms with Crippen molar-refractivity contribution in [2.75, 3.05) is 7.05 Å². The van der Waals surface area contributed by atoms with Crippen molar-refractivity contribution in [2.45, 2.75) is 26.9 Å². The number of aryl methyl sites for hydroxylation is 2. The van der Waals surface area contributed by atoms with Gasteiger partial charge in [-0.2, -0.15) is 10.2 Å². The Bertz CT molecular complexity index is 785. The SMILES string of the molecule is CCn1cc(CN(C)C(=O)c2cc3ncccn3n2)c(C)n1. The first-order valence-corrected chi connectivity index (χ1v) is 7.17. The number of amides is 1. The van der Waals surface area contributed by atoms with Crippen molar-refractivity contribution in [1.29, 1.82) is 0 Å². The van der Waals surface area contributed by atoms with Gasteiger partial charge in [0.1, 0.15) is 0 Å². The van der Waals surface area contributed by atoms with Crippen LogP contribution in [0.2, 0.25) is 0 Å². The summed E-state index contributed by atoms with van der Waals surface area (Å²) in [5.74, 6) is -0.130. The Labute approximate surface area is 128 Å². The highest BCUT2D eigenvalue weighted by Gasteiger charge is 2.17. The number of fused-ring (bicyclic) bond motifs is 1. The highest BCUT2D eigenvalue weighted by Crippen LogP contribution is 2.12. The lowest BCUT2D eigenvalue weighted by molar-refractivity contribution is 0.0778. The summed E-state index contributed by atoms with van der Waals surface area (Å²) in [7, 11) is 1.77. The van der Waals surface area contributed by atoms with E-state index < -0.39 is 0 Å². The summed E-state index contributed by atoms with van der Waals surface area (Å²) in [5.41, 5.74) is 3.04. The standard InChI is InChI=1S/C15H18N6O/c1-4-20-10-12(11(2)17-20)9-19(3)15(22)13-8-14-16-6-5-7-21(14)18-13/h5-8,10H,4,9H2,1-3H3. The molecule has 0 spiro atoms. The van der Waals surface area contributed by atoms with Gasteiger partial charge in [-0.1, -0.05) is 0 Å². The van der Waals surface area contributed by atoms with Crippen LogP contribution in [-0.2, 0) is 13.1 Å². The molecule has 1 amide bonds. The van der Waals surface area contributed by atoms with E-state index in [1.165, 1.54) is 0 Å². The molecule has 7 nitrogen and oxygen atoms in total. The molecule has 0 saturated carbocycles. The number of carbonyl (C=O) groups is 1. The number of hydrogen-bond acceptors (Lipinski definition) is 4. The molecule has 0 aliphatic heterocycles. The third-order valence-electron chi connectivity index (χ3n) is 3.58. The van der Waals surface area contributed by atoms with Crippen LogP contribution in [0.25, 0.3) is 5.65 Å². The number of carbonyl (C=O) groups excluding carboxylic acids is 1. The van der Waals surface area contributed by atoms with Gasteiger partial charge >= 0.3 is 0 Å². The highest BCUT2D eigenvalue weighted by molar-refractivity contribution is 5.93. The van der Waals surface area contributed by atoms with E-state index in [4.69, 9.17) is 0 Å². The Balaban J connectivity index is 1.80. The first-order valence-electron chi connectivity index (χ1n) is 7.17. The molecule has 3 aromatic rings. The van der Waals surface area contributed by atoms with Crippen molar-refractivity contribution in [1.82, 2.24) is 29.3 Å². The van der Waals surface area contributed by atoms with Gasteiger partial charge in [-0.25, -0.2) is 9.50 Å². The molecule has 0 aromatic carbocycles. The Morgan fingerprint density at radius 2 is 2.18 bits per heavy atom. The van der Waals surface area contributed by atoms with Gasteiger partial charge in [-0.15, -0.1) is 0 Å². The summed E-state index contributed by atoms with van der Waals surface area (Å²) in [4.78, 5) is 18.3. The molecular weight excluding hydrogens is 280 g/mol. The molecule has 0 unspecified atom stereocenters.